The van der Waals surface area contributed by atoms with Crippen molar-refractivity contribution in [1.29, 1.82) is 0 Å². The van der Waals surface area contributed by atoms with Crippen LogP contribution < -0.4 is 10.6 Å². The minimum atomic E-state index is -1.48. The maximum atomic E-state index is 12.4. The molecule has 1 aliphatic rings. The summed E-state index contributed by atoms with van der Waals surface area (Å²) in [6.07, 6.45) is 1.49. The molecule has 0 saturated heterocycles. The van der Waals surface area contributed by atoms with Gasteiger partial charge in [-0.15, -0.1) is 0 Å². The number of fused-ring (bicyclic) bond motifs is 1. The summed E-state index contributed by atoms with van der Waals surface area (Å²) in [5.41, 5.74) is 1.64. The molecule has 1 atom stereocenters. The van der Waals surface area contributed by atoms with Gasteiger partial charge in [-0.2, -0.15) is 0 Å². The second-order valence-corrected chi connectivity index (χ2v) is 6.58. The van der Waals surface area contributed by atoms with Crippen molar-refractivity contribution in [2.24, 2.45) is 0 Å². The number of benzene rings is 2. The maximum Gasteiger partial charge on any atom is 0.262 e. The second-order valence-electron chi connectivity index (χ2n) is 4.73. The van der Waals surface area contributed by atoms with Crippen molar-refractivity contribution in [3.05, 3.63) is 70.2 Å². The van der Waals surface area contributed by atoms with Gasteiger partial charge in [0.15, 0.2) is 0 Å². The molecule has 0 radical (unpaired) electrons. The molecule has 0 aliphatic carbocycles. The molecule has 4 nitrogen and oxygen atoms in total. The van der Waals surface area contributed by atoms with Gasteiger partial charge in [-0.25, -0.2) is 4.21 Å². The van der Waals surface area contributed by atoms with E-state index in [0.717, 1.165) is 11.3 Å². The lowest BCUT2D eigenvalue weighted by Crippen LogP contribution is -2.28. The van der Waals surface area contributed by atoms with Gasteiger partial charge >= 0.3 is 0 Å². The molecule has 0 bridgehead atoms. The van der Waals surface area contributed by atoms with Crippen molar-refractivity contribution in [3.63, 3.8) is 0 Å². The van der Waals surface area contributed by atoms with E-state index in [1.807, 2.05) is 24.3 Å². The molecular formula is C16H13ClN2O2S. The number of hydrogen-bond acceptors (Lipinski definition) is 3. The van der Waals surface area contributed by atoms with E-state index < -0.39 is 10.8 Å². The number of anilines is 1. The first-order valence-electron chi connectivity index (χ1n) is 6.65. The normalized spacial score (nSPS) is 16.2. The number of nitrogens with one attached hydrogen (secondary N) is 2. The van der Waals surface area contributed by atoms with E-state index in [1.165, 1.54) is 6.20 Å². The van der Waals surface area contributed by atoms with Gasteiger partial charge in [-0.3, -0.25) is 4.79 Å². The highest BCUT2D eigenvalue weighted by atomic mass is 35.5. The Labute approximate surface area is 135 Å². The molecular weight excluding hydrogens is 320 g/mol. The lowest BCUT2D eigenvalue weighted by molar-refractivity contribution is -0.117. The summed E-state index contributed by atoms with van der Waals surface area (Å²) in [6, 6.07) is 14.5. The van der Waals surface area contributed by atoms with Crippen molar-refractivity contribution in [3.8, 4) is 0 Å². The highest BCUT2D eigenvalue weighted by molar-refractivity contribution is 7.90. The number of para-hydroxylation sites is 1. The average Bonchev–Trinajstić information content (AvgIpc) is 2.53. The van der Waals surface area contributed by atoms with Crippen molar-refractivity contribution in [2.75, 3.05) is 5.32 Å². The zero-order valence-corrected chi connectivity index (χ0v) is 13.1. The summed E-state index contributed by atoms with van der Waals surface area (Å²) in [5, 5.41) is 6.37. The largest absolute Gasteiger partial charge is 0.359 e. The molecule has 2 aromatic rings. The summed E-state index contributed by atoms with van der Waals surface area (Å²) in [4.78, 5) is 13.0. The third kappa shape index (κ3) is 3.05. The number of carbonyl (C=O) groups is 1. The number of hydrogen-bond donors (Lipinski definition) is 2. The molecule has 0 saturated carbocycles. The Morgan fingerprint density at radius 2 is 2.00 bits per heavy atom. The first kappa shape index (κ1) is 14.8. The monoisotopic (exact) mass is 332 g/mol. The molecule has 0 fully saturated rings. The molecule has 112 valence electrons. The van der Waals surface area contributed by atoms with Crippen LogP contribution in [-0.2, 0) is 22.1 Å². The summed E-state index contributed by atoms with van der Waals surface area (Å²) in [7, 11) is -1.48. The van der Waals surface area contributed by atoms with E-state index in [4.69, 9.17) is 11.6 Å². The van der Waals surface area contributed by atoms with Gasteiger partial charge in [0.25, 0.3) is 5.91 Å². The van der Waals surface area contributed by atoms with Gasteiger partial charge < -0.3 is 10.6 Å². The second kappa shape index (κ2) is 6.34. The van der Waals surface area contributed by atoms with E-state index in [0.29, 0.717) is 16.5 Å². The Balaban J connectivity index is 1.71. The van der Waals surface area contributed by atoms with Gasteiger partial charge in [0, 0.05) is 17.8 Å². The van der Waals surface area contributed by atoms with Gasteiger partial charge in [0.05, 0.1) is 21.4 Å². The van der Waals surface area contributed by atoms with Crippen LogP contribution in [0.4, 0.5) is 5.69 Å². The predicted octanol–water partition coefficient (Wildman–Crippen LogP) is 3.03. The third-order valence-corrected chi connectivity index (χ3v) is 4.90. The summed E-state index contributed by atoms with van der Waals surface area (Å²) in [6.45, 7) is 0.329. The zero-order valence-electron chi connectivity index (χ0n) is 11.5. The fourth-order valence-electron chi connectivity index (χ4n) is 2.13. The molecule has 0 spiro atoms. The van der Waals surface area contributed by atoms with Crippen LogP contribution >= 0.6 is 11.6 Å². The number of carbonyl (C=O) groups excluding carboxylic acids is 1. The Bertz CT molecular complexity index is 789. The fraction of sp³-hybridized carbons (Fsp3) is 0.0625. The summed E-state index contributed by atoms with van der Waals surface area (Å²) in [5.74, 6) is -0.361. The molecule has 1 unspecified atom stereocenters. The third-order valence-electron chi connectivity index (χ3n) is 3.21. The average molecular weight is 333 g/mol. The molecule has 2 N–H and O–H groups in total. The zero-order chi connectivity index (χ0) is 15.5. The lowest BCUT2D eigenvalue weighted by Gasteiger charge is -2.17. The smallest absolute Gasteiger partial charge is 0.262 e. The molecule has 6 heteroatoms. The summed E-state index contributed by atoms with van der Waals surface area (Å²) < 4.78 is 12.4. The molecule has 22 heavy (non-hydrogen) atoms. The van der Waals surface area contributed by atoms with Crippen molar-refractivity contribution in [2.45, 2.75) is 11.4 Å². The van der Waals surface area contributed by atoms with Crippen LogP contribution in [0.25, 0.3) is 0 Å². The van der Waals surface area contributed by atoms with Gasteiger partial charge in [-0.05, 0) is 29.8 Å². The number of rotatable bonds is 3. The van der Waals surface area contributed by atoms with Gasteiger partial charge in [0.2, 0.25) is 0 Å². The van der Waals surface area contributed by atoms with Crippen LogP contribution in [0.2, 0.25) is 5.02 Å². The fourth-order valence-corrected chi connectivity index (χ4v) is 3.51. The Morgan fingerprint density at radius 1 is 1.18 bits per heavy atom. The molecule has 1 heterocycles. The number of amides is 1. The molecule has 1 aliphatic heterocycles. The van der Waals surface area contributed by atoms with Crippen LogP contribution in [0, 0.1) is 0 Å². The van der Waals surface area contributed by atoms with Crippen LogP contribution in [0.3, 0.4) is 0 Å². The molecule has 3 rings (SSSR count). The number of halogens is 1. The first-order chi connectivity index (χ1) is 10.6. The van der Waals surface area contributed by atoms with Crippen LogP contribution in [0.5, 0.6) is 0 Å². The predicted molar refractivity (Wildman–Crippen MR) is 87.9 cm³/mol. The SMILES string of the molecule is O=C(NCc1cccc(Cl)c1)C1=CNc2ccccc2S1=O. The van der Waals surface area contributed by atoms with Crippen molar-refractivity contribution < 1.29 is 9.00 Å². The lowest BCUT2D eigenvalue weighted by atomic mass is 10.2. The highest BCUT2D eigenvalue weighted by Gasteiger charge is 2.23. The van der Waals surface area contributed by atoms with E-state index in [2.05, 4.69) is 10.6 Å². The summed E-state index contributed by atoms with van der Waals surface area (Å²) >= 11 is 5.91. The van der Waals surface area contributed by atoms with Crippen molar-refractivity contribution >= 4 is 34.0 Å². The highest BCUT2D eigenvalue weighted by Crippen LogP contribution is 2.27. The van der Waals surface area contributed by atoms with Gasteiger partial charge in [0.1, 0.15) is 4.91 Å². The maximum absolute atomic E-state index is 12.4. The topological polar surface area (TPSA) is 58.2 Å². The molecule has 1 amide bonds. The van der Waals surface area contributed by atoms with E-state index in [-0.39, 0.29) is 10.8 Å². The quantitative estimate of drug-likeness (QED) is 0.908. The van der Waals surface area contributed by atoms with Crippen LogP contribution in [0.15, 0.2) is 64.5 Å². The molecule has 0 aromatic heterocycles. The van der Waals surface area contributed by atoms with Crippen LogP contribution in [0.1, 0.15) is 5.56 Å². The van der Waals surface area contributed by atoms with Crippen LogP contribution in [-0.4, -0.2) is 10.1 Å². The molecule has 2 aromatic carbocycles. The van der Waals surface area contributed by atoms with E-state index in [9.17, 15) is 9.00 Å². The Morgan fingerprint density at radius 3 is 2.82 bits per heavy atom. The Kier molecular flexibility index (Phi) is 4.27. The van der Waals surface area contributed by atoms with E-state index >= 15 is 0 Å². The van der Waals surface area contributed by atoms with E-state index in [1.54, 1.807) is 24.3 Å². The minimum Gasteiger partial charge on any atom is -0.359 e. The first-order valence-corrected chi connectivity index (χ1v) is 8.18. The van der Waals surface area contributed by atoms with Gasteiger partial charge in [-0.1, -0.05) is 35.9 Å². The standard InChI is InChI=1S/C16H13ClN2O2S/c17-12-5-3-4-11(8-12)9-19-16(20)15-10-18-13-6-1-2-7-14(13)22(15)21/h1-8,10,18H,9H2,(H,19,20). The minimum absolute atomic E-state index is 0.209. The Hall–Kier alpha value is -2.11. The van der Waals surface area contributed by atoms with Crippen molar-refractivity contribution in [1.82, 2.24) is 5.32 Å².